The largest absolute Gasteiger partial charge is 0.270 e. The lowest BCUT2D eigenvalue weighted by molar-refractivity contribution is -0.385. The second-order valence-corrected chi connectivity index (χ2v) is 8.42. The monoisotopic (exact) mass is 320 g/mol. The molecule has 0 radical (unpaired) electrons. The summed E-state index contributed by atoms with van der Waals surface area (Å²) in [5.41, 5.74) is -0.341. The second kappa shape index (κ2) is 5.11. The van der Waals surface area contributed by atoms with Crippen molar-refractivity contribution in [2.45, 2.75) is 17.4 Å². The number of nitro benzene ring substituents is 1. The molecule has 1 fully saturated rings. The van der Waals surface area contributed by atoms with E-state index in [4.69, 9.17) is 0 Å². The van der Waals surface area contributed by atoms with Gasteiger partial charge in [-0.1, -0.05) is 6.07 Å². The highest BCUT2D eigenvalue weighted by molar-refractivity contribution is 7.92. The van der Waals surface area contributed by atoms with Crippen LogP contribution in [0.4, 0.5) is 5.69 Å². The Morgan fingerprint density at radius 3 is 2.60 bits per heavy atom. The van der Waals surface area contributed by atoms with Gasteiger partial charge in [-0.2, -0.15) is 0 Å². The number of non-ortho nitro benzene ring substituents is 1. The van der Waals surface area contributed by atoms with Gasteiger partial charge in [-0.05, 0) is 12.5 Å². The molecule has 0 bridgehead atoms. The predicted octanol–water partition coefficient (Wildman–Crippen LogP) is 0.0602. The zero-order valence-corrected chi connectivity index (χ0v) is 11.9. The number of sulfone groups is 1. The standard InChI is InChI=1S/C10H12N2O6S2/c13-12(14)9-2-1-3-10(6-9)20(17,18)11-8-4-5-19(15,16)7-8/h1-3,6,8,11H,4-5,7H2. The van der Waals surface area contributed by atoms with Crippen LogP contribution >= 0.6 is 0 Å². The van der Waals surface area contributed by atoms with Crippen molar-refractivity contribution in [2.24, 2.45) is 0 Å². The minimum Gasteiger partial charge on any atom is -0.258 e. The number of nitrogens with zero attached hydrogens (tertiary/aromatic N) is 1. The van der Waals surface area contributed by atoms with E-state index in [0.29, 0.717) is 0 Å². The molecule has 1 aromatic carbocycles. The van der Waals surface area contributed by atoms with Crippen molar-refractivity contribution < 1.29 is 21.8 Å². The van der Waals surface area contributed by atoms with E-state index < -0.39 is 30.8 Å². The van der Waals surface area contributed by atoms with E-state index >= 15 is 0 Å². The summed E-state index contributed by atoms with van der Waals surface area (Å²) in [4.78, 5) is 9.67. The summed E-state index contributed by atoms with van der Waals surface area (Å²) in [5.74, 6) is -0.309. The Morgan fingerprint density at radius 2 is 2.05 bits per heavy atom. The van der Waals surface area contributed by atoms with Crippen molar-refractivity contribution in [2.75, 3.05) is 11.5 Å². The molecule has 20 heavy (non-hydrogen) atoms. The summed E-state index contributed by atoms with van der Waals surface area (Å²) in [6.45, 7) is 0. The number of rotatable bonds is 4. The number of nitrogens with one attached hydrogen (secondary N) is 1. The van der Waals surface area contributed by atoms with Gasteiger partial charge in [0.15, 0.2) is 9.84 Å². The molecule has 0 aromatic heterocycles. The Hall–Kier alpha value is -1.52. The molecule has 1 aliphatic rings. The Morgan fingerprint density at radius 1 is 1.35 bits per heavy atom. The zero-order chi connectivity index (χ0) is 15.0. The molecule has 110 valence electrons. The van der Waals surface area contributed by atoms with E-state index in [1.807, 2.05) is 0 Å². The first-order valence-electron chi connectivity index (χ1n) is 5.67. The van der Waals surface area contributed by atoms with Gasteiger partial charge in [0.25, 0.3) is 5.69 Å². The molecule has 8 nitrogen and oxygen atoms in total. The first kappa shape index (κ1) is 14.9. The van der Waals surface area contributed by atoms with Crippen LogP contribution in [-0.2, 0) is 19.9 Å². The lowest BCUT2D eigenvalue weighted by Crippen LogP contribution is -2.35. The van der Waals surface area contributed by atoms with Gasteiger partial charge < -0.3 is 0 Å². The average Bonchev–Trinajstić information content (AvgIpc) is 2.68. The van der Waals surface area contributed by atoms with E-state index in [1.54, 1.807) is 0 Å². The van der Waals surface area contributed by atoms with Crippen LogP contribution in [0.15, 0.2) is 29.2 Å². The smallest absolute Gasteiger partial charge is 0.258 e. The average molecular weight is 320 g/mol. The molecule has 0 aliphatic carbocycles. The van der Waals surface area contributed by atoms with Crippen LogP contribution in [0.1, 0.15) is 6.42 Å². The van der Waals surface area contributed by atoms with Crippen molar-refractivity contribution in [3.63, 3.8) is 0 Å². The molecule has 0 spiro atoms. The number of benzene rings is 1. The van der Waals surface area contributed by atoms with Crippen LogP contribution in [0.5, 0.6) is 0 Å². The number of sulfonamides is 1. The van der Waals surface area contributed by atoms with Gasteiger partial charge in [-0.3, -0.25) is 10.1 Å². The van der Waals surface area contributed by atoms with Crippen LogP contribution in [-0.4, -0.2) is 39.3 Å². The molecule has 1 aliphatic heterocycles. The summed E-state index contributed by atoms with van der Waals surface area (Å²) in [6, 6.07) is 3.91. The zero-order valence-electron chi connectivity index (χ0n) is 10.2. The maximum Gasteiger partial charge on any atom is 0.270 e. The van der Waals surface area contributed by atoms with Gasteiger partial charge in [0, 0.05) is 18.2 Å². The lowest BCUT2D eigenvalue weighted by atomic mass is 10.3. The highest BCUT2D eigenvalue weighted by Crippen LogP contribution is 2.19. The SMILES string of the molecule is O=[N+]([O-])c1cccc(S(=O)(=O)NC2CCS(=O)(=O)C2)c1. The third-order valence-electron chi connectivity index (χ3n) is 2.89. The van der Waals surface area contributed by atoms with Gasteiger partial charge >= 0.3 is 0 Å². The summed E-state index contributed by atoms with van der Waals surface area (Å²) in [7, 11) is -7.18. The molecule has 1 aromatic rings. The number of nitro groups is 1. The molecule has 1 saturated heterocycles. The van der Waals surface area contributed by atoms with Gasteiger partial charge in [0.2, 0.25) is 10.0 Å². The van der Waals surface area contributed by atoms with Gasteiger partial charge in [-0.15, -0.1) is 0 Å². The van der Waals surface area contributed by atoms with Crippen LogP contribution in [0.2, 0.25) is 0 Å². The molecular formula is C10H12N2O6S2. The fourth-order valence-corrected chi connectivity index (χ4v) is 5.03. The van der Waals surface area contributed by atoms with Crippen LogP contribution in [0, 0.1) is 10.1 Å². The van der Waals surface area contributed by atoms with E-state index in [9.17, 15) is 26.9 Å². The second-order valence-electron chi connectivity index (χ2n) is 4.48. The molecule has 1 heterocycles. The maximum absolute atomic E-state index is 12.0. The van der Waals surface area contributed by atoms with Crippen LogP contribution < -0.4 is 4.72 Å². The molecule has 0 saturated carbocycles. The summed E-state index contributed by atoms with van der Waals surface area (Å²) in [6.07, 6.45) is 0.205. The van der Waals surface area contributed by atoms with E-state index in [-0.39, 0.29) is 28.5 Å². The highest BCUT2D eigenvalue weighted by Gasteiger charge is 2.31. The third kappa shape index (κ3) is 3.32. The summed E-state index contributed by atoms with van der Waals surface area (Å²) < 4.78 is 48.9. The Balaban J connectivity index is 2.23. The molecule has 1 N–H and O–H groups in total. The van der Waals surface area contributed by atoms with Crippen molar-refractivity contribution in [3.05, 3.63) is 34.4 Å². The third-order valence-corrected chi connectivity index (χ3v) is 6.18. The molecular weight excluding hydrogens is 308 g/mol. The molecule has 1 unspecified atom stereocenters. The Bertz CT molecular complexity index is 741. The molecule has 1 atom stereocenters. The maximum atomic E-state index is 12.0. The fourth-order valence-electron chi connectivity index (χ4n) is 1.94. The van der Waals surface area contributed by atoms with E-state index in [1.165, 1.54) is 18.2 Å². The summed E-state index contributed by atoms with van der Waals surface area (Å²) >= 11 is 0. The van der Waals surface area contributed by atoms with Crippen molar-refractivity contribution in [1.82, 2.24) is 4.72 Å². The van der Waals surface area contributed by atoms with Crippen LogP contribution in [0.3, 0.4) is 0 Å². The van der Waals surface area contributed by atoms with E-state index in [2.05, 4.69) is 4.72 Å². The topological polar surface area (TPSA) is 123 Å². The fraction of sp³-hybridized carbons (Fsp3) is 0.400. The van der Waals surface area contributed by atoms with Crippen molar-refractivity contribution in [1.29, 1.82) is 0 Å². The predicted molar refractivity (Wildman–Crippen MR) is 70.5 cm³/mol. The Kier molecular flexibility index (Phi) is 3.80. The molecule has 10 heteroatoms. The molecule has 0 amide bonds. The van der Waals surface area contributed by atoms with Crippen molar-refractivity contribution >= 4 is 25.5 Å². The summed E-state index contributed by atoms with van der Waals surface area (Å²) in [5, 5.41) is 10.6. The Labute approximate surface area is 115 Å². The minimum absolute atomic E-state index is 0.0604. The normalized spacial score (nSPS) is 21.7. The van der Waals surface area contributed by atoms with Gasteiger partial charge in [0.1, 0.15) is 0 Å². The quantitative estimate of drug-likeness (QED) is 0.618. The van der Waals surface area contributed by atoms with Crippen LogP contribution in [0.25, 0.3) is 0 Å². The van der Waals surface area contributed by atoms with Gasteiger partial charge in [-0.25, -0.2) is 21.6 Å². The highest BCUT2D eigenvalue weighted by atomic mass is 32.2. The van der Waals surface area contributed by atoms with Crippen molar-refractivity contribution in [3.8, 4) is 0 Å². The first-order chi connectivity index (χ1) is 9.20. The number of hydrogen-bond donors (Lipinski definition) is 1. The first-order valence-corrected chi connectivity index (χ1v) is 8.97. The van der Waals surface area contributed by atoms with E-state index in [0.717, 1.165) is 6.07 Å². The number of hydrogen-bond acceptors (Lipinski definition) is 6. The minimum atomic E-state index is -3.97. The lowest BCUT2D eigenvalue weighted by Gasteiger charge is -2.11. The van der Waals surface area contributed by atoms with Gasteiger partial charge in [0.05, 0.1) is 21.3 Å². The molecule has 2 rings (SSSR count).